The number of amides is 1. The fourth-order valence-corrected chi connectivity index (χ4v) is 5.60. The van der Waals surface area contributed by atoms with E-state index >= 15 is 0 Å². The van der Waals surface area contributed by atoms with Crippen LogP contribution in [0.25, 0.3) is 0 Å². The van der Waals surface area contributed by atoms with Crippen molar-refractivity contribution in [2.24, 2.45) is 7.05 Å². The van der Waals surface area contributed by atoms with Gasteiger partial charge in [-0.05, 0) is 42.0 Å². The van der Waals surface area contributed by atoms with Crippen LogP contribution >= 0.6 is 23.1 Å². The molecule has 0 spiro atoms. The molecule has 4 heterocycles. The number of carbonyl (C=O) groups excluding carboxylic acids is 1. The Morgan fingerprint density at radius 2 is 2.10 bits per heavy atom. The van der Waals surface area contributed by atoms with E-state index in [1.807, 2.05) is 34.7 Å². The number of hydrogen-bond acceptors (Lipinski definition) is 7. The number of carbonyl (C=O) groups is 1. The molecule has 0 saturated carbocycles. The highest BCUT2D eigenvalue weighted by atomic mass is 32.2. The molecule has 1 aromatic carbocycles. The lowest BCUT2D eigenvalue weighted by Crippen LogP contribution is -2.32. The van der Waals surface area contributed by atoms with Crippen molar-refractivity contribution in [1.82, 2.24) is 19.7 Å². The molecule has 1 amide bonds. The second-order valence-corrected chi connectivity index (χ2v) is 9.63. The minimum atomic E-state index is 0.0813. The smallest absolute Gasteiger partial charge is 0.233 e. The normalized spacial score (nSPS) is 17.8. The summed E-state index contributed by atoms with van der Waals surface area (Å²) in [7, 11) is 1.96. The summed E-state index contributed by atoms with van der Waals surface area (Å²) in [6, 6.07) is 10.3. The third-order valence-corrected chi connectivity index (χ3v) is 7.57. The molecule has 9 heteroatoms. The van der Waals surface area contributed by atoms with Crippen LogP contribution < -0.4 is 9.47 Å². The third kappa shape index (κ3) is 4.29. The number of thiophene rings is 1. The lowest BCUT2D eigenvalue weighted by Gasteiger charge is -2.26. The predicted octanol–water partition coefficient (Wildman–Crippen LogP) is 3.69. The number of thioether (sulfide) groups is 1. The lowest BCUT2D eigenvalue weighted by atomic mass is 10.0. The van der Waals surface area contributed by atoms with Gasteiger partial charge in [-0.15, -0.1) is 21.5 Å². The Morgan fingerprint density at radius 1 is 1.23 bits per heavy atom. The van der Waals surface area contributed by atoms with Gasteiger partial charge in [0.05, 0.1) is 11.8 Å². The summed E-state index contributed by atoms with van der Waals surface area (Å²) >= 11 is 3.16. The molecule has 0 N–H and O–H groups in total. The highest BCUT2D eigenvalue weighted by Gasteiger charge is 2.31. The third-order valence-electron chi connectivity index (χ3n) is 5.69. The first-order valence-corrected chi connectivity index (χ1v) is 12.3. The van der Waals surface area contributed by atoms with E-state index in [1.54, 1.807) is 11.3 Å². The zero-order valence-electron chi connectivity index (χ0n) is 17.3. The molecule has 0 radical (unpaired) electrons. The first kappa shape index (κ1) is 20.4. The maximum atomic E-state index is 13.1. The first-order valence-electron chi connectivity index (χ1n) is 10.4. The highest BCUT2D eigenvalue weighted by Crippen LogP contribution is 2.38. The summed E-state index contributed by atoms with van der Waals surface area (Å²) in [5.74, 6) is 2.95. The average molecular weight is 457 g/mol. The van der Waals surface area contributed by atoms with Gasteiger partial charge in [0.1, 0.15) is 19.0 Å². The molecule has 2 aliphatic rings. The molecular formula is C22H24N4O3S2. The molecule has 162 valence electrons. The molecule has 7 nitrogen and oxygen atoms in total. The van der Waals surface area contributed by atoms with Crippen molar-refractivity contribution in [3.05, 3.63) is 52.0 Å². The number of nitrogens with zero attached hydrogens (tertiary/aromatic N) is 4. The van der Waals surface area contributed by atoms with Crippen LogP contribution in [0.5, 0.6) is 11.5 Å². The first-order chi connectivity index (χ1) is 15.2. The van der Waals surface area contributed by atoms with E-state index in [-0.39, 0.29) is 11.9 Å². The number of hydrogen-bond donors (Lipinski definition) is 0. The van der Waals surface area contributed by atoms with Gasteiger partial charge in [-0.25, -0.2) is 0 Å². The van der Waals surface area contributed by atoms with E-state index in [9.17, 15) is 4.79 Å². The Balaban J connectivity index is 1.24. The number of fused-ring (bicyclic) bond motifs is 1. The molecule has 1 unspecified atom stereocenters. The number of aromatic nitrogens is 3. The Bertz CT molecular complexity index is 1070. The SMILES string of the molecule is Cn1c(Cc2cccs2)nnc1SCC(=O)N1CCCC1c1ccc2c(c1)OCCO2. The summed E-state index contributed by atoms with van der Waals surface area (Å²) in [5.41, 5.74) is 1.11. The van der Waals surface area contributed by atoms with E-state index in [0.717, 1.165) is 53.9 Å². The van der Waals surface area contributed by atoms with Gasteiger partial charge in [-0.3, -0.25) is 4.79 Å². The van der Waals surface area contributed by atoms with Crippen LogP contribution in [0, 0.1) is 0 Å². The molecule has 0 aliphatic carbocycles. The van der Waals surface area contributed by atoms with E-state index < -0.39 is 0 Å². The Morgan fingerprint density at radius 3 is 2.94 bits per heavy atom. The van der Waals surface area contributed by atoms with Crippen molar-refractivity contribution in [2.75, 3.05) is 25.5 Å². The fourth-order valence-electron chi connectivity index (χ4n) is 4.08. The zero-order chi connectivity index (χ0) is 21.2. The second kappa shape index (κ2) is 8.92. The zero-order valence-corrected chi connectivity index (χ0v) is 19.0. The average Bonchev–Trinajstić information content (AvgIpc) is 3.55. The summed E-state index contributed by atoms with van der Waals surface area (Å²) in [6.07, 6.45) is 2.73. The minimum Gasteiger partial charge on any atom is -0.486 e. The van der Waals surface area contributed by atoms with Gasteiger partial charge < -0.3 is 18.9 Å². The molecule has 2 aromatic heterocycles. The number of ether oxygens (including phenoxy) is 2. The van der Waals surface area contributed by atoms with Crippen molar-refractivity contribution in [2.45, 2.75) is 30.5 Å². The number of rotatable bonds is 6. The fraction of sp³-hybridized carbons (Fsp3) is 0.409. The molecular weight excluding hydrogens is 432 g/mol. The summed E-state index contributed by atoms with van der Waals surface area (Å²) in [5, 5.41) is 11.5. The molecule has 0 bridgehead atoms. The van der Waals surface area contributed by atoms with Gasteiger partial charge >= 0.3 is 0 Å². The van der Waals surface area contributed by atoms with Crippen LogP contribution in [-0.4, -0.2) is 51.1 Å². The molecule has 1 fully saturated rings. The van der Waals surface area contributed by atoms with E-state index in [0.29, 0.717) is 19.0 Å². The lowest BCUT2D eigenvalue weighted by molar-refractivity contribution is -0.129. The maximum Gasteiger partial charge on any atom is 0.233 e. The Hall–Kier alpha value is -2.52. The van der Waals surface area contributed by atoms with Crippen molar-refractivity contribution >= 4 is 29.0 Å². The van der Waals surface area contributed by atoms with Crippen LogP contribution in [0.1, 0.15) is 35.1 Å². The molecule has 31 heavy (non-hydrogen) atoms. The van der Waals surface area contributed by atoms with Gasteiger partial charge in [-0.1, -0.05) is 23.9 Å². The van der Waals surface area contributed by atoms with Crippen molar-refractivity contribution in [1.29, 1.82) is 0 Å². The van der Waals surface area contributed by atoms with E-state index in [1.165, 1.54) is 16.6 Å². The predicted molar refractivity (Wildman–Crippen MR) is 120 cm³/mol. The van der Waals surface area contributed by atoms with Gasteiger partial charge in [0.25, 0.3) is 0 Å². The largest absolute Gasteiger partial charge is 0.486 e. The Labute approximate surface area is 189 Å². The number of benzene rings is 1. The van der Waals surface area contributed by atoms with Crippen LogP contribution in [0.2, 0.25) is 0 Å². The van der Waals surface area contributed by atoms with Crippen LogP contribution in [-0.2, 0) is 18.3 Å². The highest BCUT2D eigenvalue weighted by molar-refractivity contribution is 7.99. The van der Waals surface area contributed by atoms with Crippen LogP contribution in [0.4, 0.5) is 0 Å². The van der Waals surface area contributed by atoms with Gasteiger partial charge in [0, 0.05) is 24.9 Å². The van der Waals surface area contributed by atoms with Gasteiger partial charge in [0.15, 0.2) is 16.7 Å². The van der Waals surface area contributed by atoms with Gasteiger partial charge in [-0.2, -0.15) is 0 Å². The Kier molecular flexibility index (Phi) is 5.87. The summed E-state index contributed by atoms with van der Waals surface area (Å²) in [4.78, 5) is 16.3. The van der Waals surface area contributed by atoms with E-state index in [2.05, 4.69) is 27.7 Å². The quantitative estimate of drug-likeness (QED) is 0.527. The van der Waals surface area contributed by atoms with Crippen molar-refractivity contribution in [3.63, 3.8) is 0 Å². The minimum absolute atomic E-state index is 0.0813. The molecule has 3 aromatic rings. The van der Waals surface area contributed by atoms with E-state index in [4.69, 9.17) is 9.47 Å². The summed E-state index contributed by atoms with van der Waals surface area (Å²) < 4.78 is 13.3. The topological polar surface area (TPSA) is 69.5 Å². The monoisotopic (exact) mass is 456 g/mol. The standard InChI is InChI=1S/C22H24N4O3S2/c1-25-20(13-16-4-3-11-30-16)23-24-22(25)31-14-21(27)26-8-2-5-17(26)15-6-7-18-19(12-15)29-10-9-28-18/h3-4,6-7,11-12,17H,2,5,8-10,13-14H2,1H3. The molecule has 1 saturated heterocycles. The van der Waals surface area contributed by atoms with Crippen LogP contribution in [0.3, 0.4) is 0 Å². The number of likely N-dealkylation sites (tertiary alicyclic amines) is 1. The molecule has 2 aliphatic heterocycles. The van der Waals surface area contributed by atoms with Gasteiger partial charge in [0.2, 0.25) is 5.91 Å². The second-order valence-electron chi connectivity index (χ2n) is 7.65. The molecule has 5 rings (SSSR count). The summed E-state index contributed by atoms with van der Waals surface area (Å²) in [6.45, 7) is 1.92. The van der Waals surface area contributed by atoms with Crippen LogP contribution in [0.15, 0.2) is 40.9 Å². The van der Waals surface area contributed by atoms with Crippen molar-refractivity contribution < 1.29 is 14.3 Å². The van der Waals surface area contributed by atoms with Crippen molar-refractivity contribution in [3.8, 4) is 11.5 Å². The molecule has 1 atom stereocenters. The maximum absolute atomic E-state index is 13.1.